The Hall–Kier alpha value is -0.850. The maximum absolute atomic E-state index is 12.4. The van der Waals surface area contributed by atoms with E-state index in [4.69, 9.17) is 9.47 Å². The molecule has 3 aliphatic rings. The van der Waals surface area contributed by atoms with Crippen molar-refractivity contribution < 1.29 is 14.3 Å². The summed E-state index contributed by atoms with van der Waals surface area (Å²) in [5.41, 5.74) is 0. The Balaban J connectivity index is 1.41. The maximum atomic E-state index is 12.4. The van der Waals surface area contributed by atoms with Crippen molar-refractivity contribution in [2.75, 3.05) is 53.0 Å². The maximum Gasteiger partial charge on any atom is 0.317 e. The van der Waals surface area contributed by atoms with Gasteiger partial charge < -0.3 is 24.6 Å². The molecular formula is C16H29N3O3. The van der Waals surface area contributed by atoms with Gasteiger partial charge in [0.25, 0.3) is 0 Å². The van der Waals surface area contributed by atoms with Gasteiger partial charge in [0.1, 0.15) is 0 Å². The van der Waals surface area contributed by atoms with E-state index in [2.05, 4.69) is 17.3 Å². The van der Waals surface area contributed by atoms with E-state index in [9.17, 15) is 4.79 Å². The average molecular weight is 311 g/mol. The molecular weight excluding hydrogens is 282 g/mol. The highest BCUT2D eigenvalue weighted by atomic mass is 16.5. The van der Waals surface area contributed by atoms with Crippen LogP contribution in [0.1, 0.15) is 25.7 Å². The third-order valence-corrected chi connectivity index (χ3v) is 4.76. The predicted molar refractivity (Wildman–Crippen MR) is 83.9 cm³/mol. The van der Waals surface area contributed by atoms with Gasteiger partial charge in [-0.05, 0) is 38.6 Å². The number of nitrogens with zero attached hydrogens (tertiary/aromatic N) is 2. The molecule has 1 N–H and O–H groups in total. The van der Waals surface area contributed by atoms with Gasteiger partial charge in [-0.1, -0.05) is 0 Å². The van der Waals surface area contributed by atoms with Crippen LogP contribution in [0.2, 0.25) is 0 Å². The van der Waals surface area contributed by atoms with Crippen molar-refractivity contribution in [3.8, 4) is 0 Å². The monoisotopic (exact) mass is 311 g/mol. The summed E-state index contributed by atoms with van der Waals surface area (Å²) in [6.07, 6.45) is 4.72. The lowest BCUT2D eigenvalue weighted by molar-refractivity contribution is -0.0285. The first-order valence-electron chi connectivity index (χ1n) is 8.64. The second-order valence-electron chi connectivity index (χ2n) is 6.94. The third-order valence-electron chi connectivity index (χ3n) is 4.76. The number of rotatable bonds is 5. The van der Waals surface area contributed by atoms with Crippen molar-refractivity contribution in [3.63, 3.8) is 0 Å². The average Bonchev–Trinajstić information content (AvgIpc) is 3.32. The van der Waals surface area contributed by atoms with E-state index >= 15 is 0 Å². The molecule has 3 rings (SSSR count). The van der Waals surface area contributed by atoms with Gasteiger partial charge in [0, 0.05) is 45.4 Å². The first-order valence-corrected chi connectivity index (χ1v) is 8.64. The molecule has 1 atom stereocenters. The molecule has 0 aromatic carbocycles. The van der Waals surface area contributed by atoms with Gasteiger partial charge in [-0.25, -0.2) is 4.79 Å². The van der Waals surface area contributed by atoms with Crippen LogP contribution in [0, 0.1) is 5.92 Å². The highest BCUT2D eigenvalue weighted by Gasteiger charge is 2.28. The minimum absolute atomic E-state index is 0.0602. The van der Waals surface area contributed by atoms with Gasteiger partial charge in [-0.15, -0.1) is 0 Å². The molecule has 1 saturated carbocycles. The van der Waals surface area contributed by atoms with Crippen LogP contribution >= 0.6 is 0 Å². The molecule has 2 saturated heterocycles. The Labute approximate surface area is 133 Å². The van der Waals surface area contributed by atoms with E-state index in [0.29, 0.717) is 19.7 Å². The quantitative estimate of drug-likeness (QED) is 0.820. The lowest BCUT2D eigenvalue weighted by atomic mass is 10.1. The summed E-state index contributed by atoms with van der Waals surface area (Å²) < 4.78 is 11.2. The summed E-state index contributed by atoms with van der Waals surface area (Å²) >= 11 is 0. The van der Waals surface area contributed by atoms with Crippen LogP contribution in [-0.2, 0) is 9.47 Å². The van der Waals surface area contributed by atoms with Crippen molar-refractivity contribution in [3.05, 3.63) is 0 Å². The van der Waals surface area contributed by atoms with Gasteiger partial charge >= 0.3 is 6.03 Å². The number of morpholine rings is 1. The highest BCUT2D eigenvalue weighted by molar-refractivity contribution is 5.74. The lowest BCUT2D eigenvalue weighted by Crippen LogP contribution is -2.54. The molecule has 2 aliphatic heterocycles. The van der Waals surface area contributed by atoms with Crippen molar-refractivity contribution in [1.82, 2.24) is 15.1 Å². The molecule has 2 heterocycles. The molecule has 0 aromatic heterocycles. The van der Waals surface area contributed by atoms with Gasteiger partial charge in [-0.3, -0.25) is 0 Å². The van der Waals surface area contributed by atoms with E-state index in [-0.39, 0.29) is 18.2 Å². The molecule has 0 aromatic rings. The van der Waals surface area contributed by atoms with E-state index in [1.54, 1.807) is 0 Å². The summed E-state index contributed by atoms with van der Waals surface area (Å²) in [4.78, 5) is 16.7. The second-order valence-corrected chi connectivity index (χ2v) is 6.94. The zero-order valence-electron chi connectivity index (χ0n) is 13.6. The summed E-state index contributed by atoms with van der Waals surface area (Å²) in [7, 11) is 2.16. The van der Waals surface area contributed by atoms with Crippen LogP contribution in [0.3, 0.4) is 0 Å². The Morgan fingerprint density at radius 3 is 2.68 bits per heavy atom. The van der Waals surface area contributed by atoms with Crippen LogP contribution in [0.25, 0.3) is 0 Å². The molecule has 1 aliphatic carbocycles. The molecule has 3 fully saturated rings. The number of carbonyl (C=O) groups is 1. The number of carbonyl (C=O) groups excluding carboxylic acids is 1. The molecule has 0 radical (unpaired) electrons. The van der Waals surface area contributed by atoms with Crippen LogP contribution in [0.15, 0.2) is 0 Å². The molecule has 6 nitrogen and oxygen atoms in total. The van der Waals surface area contributed by atoms with Gasteiger partial charge in [0.15, 0.2) is 0 Å². The Bertz CT molecular complexity index is 370. The van der Waals surface area contributed by atoms with E-state index < -0.39 is 0 Å². The molecule has 1 unspecified atom stereocenters. The Morgan fingerprint density at radius 1 is 1.18 bits per heavy atom. The van der Waals surface area contributed by atoms with Crippen molar-refractivity contribution in [1.29, 1.82) is 0 Å². The zero-order valence-corrected chi connectivity index (χ0v) is 13.6. The number of likely N-dealkylation sites (N-methyl/N-ethyl adjacent to an activating group) is 1. The molecule has 22 heavy (non-hydrogen) atoms. The zero-order chi connectivity index (χ0) is 15.4. The minimum atomic E-state index is 0.0602. The minimum Gasteiger partial charge on any atom is -0.381 e. The van der Waals surface area contributed by atoms with Gasteiger partial charge in [0.05, 0.1) is 12.7 Å². The number of nitrogens with one attached hydrogen (secondary N) is 1. The first kappa shape index (κ1) is 16.0. The fourth-order valence-electron chi connectivity index (χ4n) is 3.29. The normalized spacial score (nSPS) is 27.2. The SMILES string of the molecule is CN(CC1CC1)CC1CN(C(=O)NC2CCOCC2)CCO1. The van der Waals surface area contributed by atoms with Gasteiger partial charge in [0.2, 0.25) is 0 Å². The summed E-state index contributed by atoms with van der Waals surface area (Å²) in [6.45, 7) is 5.61. The fourth-order valence-corrected chi connectivity index (χ4v) is 3.29. The largest absolute Gasteiger partial charge is 0.381 e. The number of amides is 2. The van der Waals surface area contributed by atoms with Crippen molar-refractivity contribution >= 4 is 6.03 Å². The molecule has 0 spiro atoms. The Morgan fingerprint density at radius 2 is 1.95 bits per heavy atom. The number of hydrogen-bond donors (Lipinski definition) is 1. The topological polar surface area (TPSA) is 54.0 Å². The summed E-state index contributed by atoms with van der Waals surface area (Å²) in [5.74, 6) is 0.890. The van der Waals surface area contributed by atoms with E-state index in [0.717, 1.165) is 45.1 Å². The molecule has 126 valence electrons. The van der Waals surface area contributed by atoms with Crippen LogP contribution in [0.4, 0.5) is 4.79 Å². The molecule has 0 bridgehead atoms. The summed E-state index contributed by atoms with van der Waals surface area (Å²) in [6, 6.07) is 0.324. The van der Waals surface area contributed by atoms with Gasteiger partial charge in [-0.2, -0.15) is 0 Å². The number of urea groups is 1. The first-order chi connectivity index (χ1) is 10.7. The highest BCUT2D eigenvalue weighted by Crippen LogP contribution is 2.29. The van der Waals surface area contributed by atoms with E-state index in [1.165, 1.54) is 12.8 Å². The van der Waals surface area contributed by atoms with Crippen LogP contribution in [0.5, 0.6) is 0 Å². The number of ether oxygens (including phenoxy) is 2. The fraction of sp³-hybridized carbons (Fsp3) is 0.938. The van der Waals surface area contributed by atoms with Crippen molar-refractivity contribution in [2.45, 2.75) is 37.8 Å². The predicted octanol–water partition coefficient (Wildman–Crippen LogP) is 0.918. The summed E-state index contributed by atoms with van der Waals surface area (Å²) in [5, 5.41) is 3.14. The van der Waals surface area contributed by atoms with Crippen LogP contribution < -0.4 is 5.32 Å². The smallest absolute Gasteiger partial charge is 0.317 e. The Kier molecular flexibility index (Phi) is 5.55. The number of hydrogen-bond acceptors (Lipinski definition) is 4. The van der Waals surface area contributed by atoms with E-state index in [1.807, 2.05) is 4.90 Å². The molecule has 2 amide bonds. The van der Waals surface area contributed by atoms with Crippen molar-refractivity contribution in [2.24, 2.45) is 5.92 Å². The lowest BCUT2D eigenvalue weighted by Gasteiger charge is -2.36. The third kappa shape index (κ3) is 4.83. The van der Waals surface area contributed by atoms with Crippen LogP contribution in [-0.4, -0.2) is 81.0 Å². The molecule has 6 heteroatoms. The second kappa shape index (κ2) is 7.62. The standard InChI is InChI=1S/C16H29N3O3/c1-18(10-13-2-3-13)11-15-12-19(6-9-22-15)16(20)17-14-4-7-21-8-5-14/h13-15H,2-12H2,1H3,(H,17,20).